The maximum atomic E-state index is 13.7. The van der Waals surface area contributed by atoms with Crippen molar-refractivity contribution >= 4 is 43.2 Å². The van der Waals surface area contributed by atoms with E-state index >= 15 is 0 Å². The Hall–Kier alpha value is -3.23. The lowest BCUT2D eigenvalue weighted by molar-refractivity contribution is 0.101. The molecule has 1 aromatic heterocycles. The standard InChI is InChI=1S/C24H21NO5S2/c1-15(2)17-8-11-20(12-9-17)32(28,29)25(23(26)18-6-4-16(3)5-7-18)19-10-13-21-22(14-19)31-24(27)30-21/h4-15H,1-3H3. The number of sulfonamides is 1. The number of amides is 1. The van der Waals surface area contributed by atoms with Crippen molar-refractivity contribution in [2.45, 2.75) is 31.6 Å². The van der Waals surface area contributed by atoms with Crippen LogP contribution in [0, 0.1) is 6.92 Å². The molecule has 0 radical (unpaired) electrons. The molecule has 32 heavy (non-hydrogen) atoms. The fourth-order valence-corrected chi connectivity index (χ4v) is 5.40. The van der Waals surface area contributed by atoms with Gasteiger partial charge in [0.15, 0.2) is 0 Å². The second-order valence-corrected chi connectivity index (χ2v) is 10.5. The average Bonchev–Trinajstić information content (AvgIpc) is 3.13. The Labute approximate surface area is 189 Å². The second-order valence-electron chi connectivity index (χ2n) is 7.75. The van der Waals surface area contributed by atoms with Crippen LogP contribution in [0.3, 0.4) is 0 Å². The third kappa shape index (κ3) is 4.11. The highest BCUT2D eigenvalue weighted by Crippen LogP contribution is 2.30. The molecular formula is C24H21NO5S2. The molecule has 4 rings (SSSR count). The fourth-order valence-electron chi connectivity index (χ4n) is 3.30. The number of carbonyl (C=O) groups excluding carboxylic acids is 1. The normalized spacial score (nSPS) is 11.8. The van der Waals surface area contributed by atoms with Gasteiger partial charge in [-0.3, -0.25) is 4.79 Å². The van der Waals surface area contributed by atoms with Crippen molar-refractivity contribution in [2.75, 3.05) is 4.31 Å². The third-order valence-electron chi connectivity index (χ3n) is 5.12. The largest absolute Gasteiger partial charge is 0.414 e. The van der Waals surface area contributed by atoms with E-state index in [1.54, 1.807) is 36.4 Å². The van der Waals surface area contributed by atoms with Crippen molar-refractivity contribution in [3.05, 3.63) is 93.2 Å². The van der Waals surface area contributed by atoms with Crippen LogP contribution in [-0.2, 0) is 10.0 Å². The summed E-state index contributed by atoms with van der Waals surface area (Å²) in [7, 11) is -4.24. The van der Waals surface area contributed by atoms with Crippen molar-refractivity contribution in [3.8, 4) is 0 Å². The van der Waals surface area contributed by atoms with E-state index in [9.17, 15) is 18.0 Å². The molecule has 0 N–H and O–H groups in total. The first-order valence-corrected chi connectivity index (χ1v) is 12.2. The van der Waals surface area contributed by atoms with E-state index in [1.807, 2.05) is 20.8 Å². The van der Waals surface area contributed by atoms with Gasteiger partial charge in [-0.1, -0.05) is 55.0 Å². The smallest absolute Gasteiger partial charge is 0.396 e. The molecule has 0 bridgehead atoms. The number of hydrogen-bond donors (Lipinski definition) is 0. The van der Waals surface area contributed by atoms with Crippen LogP contribution in [0.1, 0.15) is 41.3 Å². The number of rotatable bonds is 5. The highest BCUT2D eigenvalue weighted by atomic mass is 32.2. The molecule has 1 amide bonds. The first-order chi connectivity index (χ1) is 15.2. The highest BCUT2D eigenvalue weighted by molar-refractivity contribution is 7.93. The summed E-state index contributed by atoms with van der Waals surface area (Å²) in [6.45, 7) is 5.92. The fraction of sp³-hybridized carbons (Fsp3) is 0.167. The SMILES string of the molecule is Cc1ccc(C(=O)N(c2ccc3oc(=O)sc3c2)S(=O)(=O)c2ccc(C(C)C)cc2)cc1. The van der Waals surface area contributed by atoms with E-state index in [1.165, 1.54) is 30.3 Å². The molecule has 0 aliphatic carbocycles. The van der Waals surface area contributed by atoms with Gasteiger partial charge in [-0.15, -0.1) is 0 Å². The Bertz CT molecular complexity index is 1450. The summed E-state index contributed by atoms with van der Waals surface area (Å²) in [6.07, 6.45) is 0. The summed E-state index contributed by atoms with van der Waals surface area (Å²) in [5, 5.41) is 0. The minimum Gasteiger partial charge on any atom is -0.414 e. The lowest BCUT2D eigenvalue weighted by atomic mass is 10.0. The van der Waals surface area contributed by atoms with Crippen molar-refractivity contribution in [1.82, 2.24) is 0 Å². The summed E-state index contributed by atoms with van der Waals surface area (Å²) < 4.78 is 33.6. The van der Waals surface area contributed by atoms with E-state index in [-0.39, 0.29) is 22.1 Å². The minimum absolute atomic E-state index is 0.00263. The number of aryl methyl sites for hydroxylation is 1. The number of nitrogens with zero attached hydrogens (tertiary/aromatic N) is 1. The van der Waals surface area contributed by atoms with Crippen LogP contribution in [0.15, 0.2) is 80.8 Å². The van der Waals surface area contributed by atoms with E-state index < -0.39 is 20.9 Å². The molecule has 1 heterocycles. The van der Waals surface area contributed by atoms with Crippen LogP contribution >= 0.6 is 11.3 Å². The van der Waals surface area contributed by atoms with Crippen LogP contribution in [0.2, 0.25) is 0 Å². The van der Waals surface area contributed by atoms with Crippen molar-refractivity contribution in [1.29, 1.82) is 0 Å². The molecular weight excluding hydrogens is 446 g/mol. The highest BCUT2D eigenvalue weighted by Gasteiger charge is 2.32. The molecule has 4 aromatic rings. The first-order valence-electron chi connectivity index (χ1n) is 9.97. The van der Waals surface area contributed by atoms with Gasteiger partial charge in [0.25, 0.3) is 15.9 Å². The van der Waals surface area contributed by atoms with Crippen LogP contribution < -0.4 is 9.24 Å². The maximum Gasteiger partial charge on any atom is 0.396 e. The Morgan fingerprint density at radius 3 is 2.25 bits per heavy atom. The lowest BCUT2D eigenvalue weighted by Crippen LogP contribution is -2.37. The zero-order valence-corrected chi connectivity index (χ0v) is 19.4. The van der Waals surface area contributed by atoms with E-state index in [4.69, 9.17) is 4.42 Å². The zero-order valence-electron chi connectivity index (χ0n) is 17.7. The molecule has 6 nitrogen and oxygen atoms in total. The molecule has 3 aromatic carbocycles. The van der Waals surface area contributed by atoms with Gasteiger partial charge in [0, 0.05) is 5.56 Å². The number of anilines is 1. The zero-order chi connectivity index (χ0) is 23.0. The number of benzene rings is 3. The van der Waals surface area contributed by atoms with Crippen LogP contribution in [0.4, 0.5) is 5.69 Å². The maximum absolute atomic E-state index is 13.7. The van der Waals surface area contributed by atoms with Gasteiger partial charge < -0.3 is 4.42 Å². The number of carbonyl (C=O) groups is 1. The lowest BCUT2D eigenvalue weighted by Gasteiger charge is -2.23. The molecule has 0 unspecified atom stereocenters. The molecule has 0 fully saturated rings. The van der Waals surface area contributed by atoms with Crippen molar-refractivity contribution in [2.24, 2.45) is 0 Å². The molecule has 0 saturated heterocycles. The quantitative estimate of drug-likeness (QED) is 0.396. The second kappa shape index (κ2) is 8.37. The van der Waals surface area contributed by atoms with E-state index in [2.05, 4.69) is 0 Å². The van der Waals surface area contributed by atoms with Gasteiger partial charge >= 0.3 is 4.94 Å². The Morgan fingerprint density at radius 2 is 1.62 bits per heavy atom. The first kappa shape index (κ1) is 22.0. The van der Waals surface area contributed by atoms with Gasteiger partial charge in [-0.2, -0.15) is 4.31 Å². The molecule has 0 saturated carbocycles. The van der Waals surface area contributed by atoms with Gasteiger partial charge in [0.1, 0.15) is 5.58 Å². The number of fused-ring (bicyclic) bond motifs is 1. The molecule has 0 spiro atoms. The van der Waals surface area contributed by atoms with Crippen molar-refractivity contribution < 1.29 is 17.6 Å². The summed E-state index contributed by atoms with van der Waals surface area (Å²) in [5.74, 6) is -0.448. The van der Waals surface area contributed by atoms with Crippen LogP contribution in [0.5, 0.6) is 0 Å². The topological polar surface area (TPSA) is 84.7 Å². The predicted molar refractivity (Wildman–Crippen MR) is 126 cm³/mol. The summed E-state index contributed by atoms with van der Waals surface area (Å²) in [6, 6.07) is 17.6. The predicted octanol–water partition coefficient (Wildman–Crippen LogP) is 5.32. The van der Waals surface area contributed by atoms with Crippen molar-refractivity contribution in [3.63, 3.8) is 0 Å². The molecule has 0 atom stereocenters. The van der Waals surface area contributed by atoms with Gasteiger partial charge in [0.05, 0.1) is 15.3 Å². The molecule has 0 aliphatic heterocycles. The van der Waals surface area contributed by atoms with Gasteiger partial charge in [0.2, 0.25) is 0 Å². The minimum atomic E-state index is -4.24. The summed E-state index contributed by atoms with van der Waals surface area (Å²) in [4.78, 5) is 24.6. The summed E-state index contributed by atoms with van der Waals surface area (Å²) >= 11 is 0.850. The van der Waals surface area contributed by atoms with E-state index in [0.717, 1.165) is 26.8 Å². The van der Waals surface area contributed by atoms with E-state index in [0.29, 0.717) is 10.3 Å². The third-order valence-corrected chi connectivity index (χ3v) is 7.63. The van der Waals surface area contributed by atoms with Gasteiger partial charge in [-0.25, -0.2) is 13.2 Å². The Kier molecular flexibility index (Phi) is 5.75. The van der Waals surface area contributed by atoms with Crippen LogP contribution in [0.25, 0.3) is 10.3 Å². The Morgan fingerprint density at radius 1 is 0.969 bits per heavy atom. The molecule has 164 valence electrons. The molecule has 8 heteroatoms. The molecule has 0 aliphatic rings. The van der Waals surface area contributed by atoms with Crippen LogP contribution in [-0.4, -0.2) is 14.3 Å². The average molecular weight is 468 g/mol. The summed E-state index contributed by atoms with van der Waals surface area (Å²) in [5.41, 5.74) is 2.64. The Balaban J connectivity index is 1.88. The monoisotopic (exact) mass is 467 g/mol. The van der Waals surface area contributed by atoms with Gasteiger partial charge in [-0.05, 0) is 60.9 Å². The number of hydrogen-bond acceptors (Lipinski definition) is 6.